The highest BCUT2D eigenvalue weighted by molar-refractivity contribution is 5.97. The summed E-state index contributed by atoms with van der Waals surface area (Å²) in [5, 5.41) is 9.28. The van der Waals surface area contributed by atoms with Crippen LogP contribution in [0.25, 0.3) is 0 Å². The molecule has 1 rings (SSSR count). The first-order chi connectivity index (χ1) is 8.63. The number of ketones is 1. The van der Waals surface area contributed by atoms with Gasteiger partial charge in [0.15, 0.2) is 5.78 Å². The number of aliphatic hydroxyl groups excluding tert-OH is 1. The number of hydrogen-bond donors (Lipinski definition) is 1. The Morgan fingerprint density at radius 1 is 1.28 bits per heavy atom. The van der Waals surface area contributed by atoms with Gasteiger partial charge in [0.05, 0.1) is 6.61 Å². The highest BCUT2D eigenvalue weighted by Gasteiger charge is 2.10. The summed E-state index contributed by atoms with van der Waals surface area (Å²) in [6.45, 7) is 1.79. The van der Waals surface area contributed by atoms with Crippen molar-refractivity contribution in [3.05, 3.63) is 47.7 Å². The average Bonchev–Trinajstić information content (AvgIpc) is 2.38. The van der Waals surface area contributed by atoms with Crippen LogP contribution in [0.1, 0.15) is 18.9 Å². The van der Waals surface area contributed by atoms with E-state index in [1.165, 1.54) is 0 Å². The summed E-state index contributed by atoms with van der Waals surface area (Å²) in [4.78, 5) is 22.6. The van der Waals surface area contributed by atoms with E-state index in [1.54, 1.807) is 6.92 Å². The van der Waals surface area contributed by atoms with Crippen LogP contribution in [-0.4, -0.2) is 23.5 Å². The third-order valence-electron chi connectivity index (χ3n) is 2.29. The number of allylic oxidation sites excluding steroid dienone is 1. The highest BCUT2D eigenvalue weighted by atomic mass is 16.5. The number of hydrogen-bond acceptors (Lipinski definition) is 4. The monoisotopic (exact) mass is 248 g/mol. The van der Waals surface area contributed by atoms with E-state index in [2.05, 4.69) is 4.74 Å². The fraction of sp³-hybridized carbons (Fsp3) is 0.286. The quantitative estimate of drug-likeness (QED) is 0.476. The zero-order valence-electron chi connectivity index (χ0n) is 10.3. The van der Waals surface area contributed by atoms with Crippen molar-refractivity contribution in [3.8, 4) is 0 Å². The van der Waals surface area contributed by atoms with Crippen LogP contribution in [0.4, 0.5) is 0 Å². The van der Waals surface area contributed by atoms with Gasteiger partial charge in [-0.15, -0.1) is 0 Å². The van der Waals surface area contributed by atoms with E-state index in [0.29, 0.717) is 6.42 Å². The molecule has 0 amide bonds. The molecule has 0 aliphatic heterocycles. The van der Waals surface area contributed by atoms with Gasteiger partial charge in [0.25, 0.3) is 0 Å². The van der Waals surface area contributed by atoms with Crippen molar-refractivity contribution in [2.45, 2.75) is 19.8 Å². The number of ether oxygens (including phenoxy) is 1. The normalized spacial score (nSPS) is 11.1. The van der Waals surface area contributed by atoms with E-state index in [-0.39, 0.29) is 18.8 Å². The van der Waals surface area contributed by atoms with E-state index in [1.807, 2.05) is 30.3 Å². The maximum absolute atomic E-state index is 11.5. The zero-order valence-corrected chi connectivity index (χ0v) is 10.3. The number of rotatable bonds is 6. The number of carbonyl (C=O) groups is 2. The van der Waals surface area contributed by atoms with Crippen molar-refractivity contribution >= 4 is 11.8 Å². The topological polar surface area (TPSA) is 63.6 Å². The number of esters is 1. The van der Waals surface area contributed by atoms with Gasteiger partial charge < -0.3 is 9.84 Å². The van der Waals surface area contributed by atoms with Gasteiger partial charge >= 0.3 is 5.97 Å². The second kappa shape index (κ2) is 7.27. The zero-order chi connectivity index (χ0) is 13.4. The molecule has 0 saturated heterocycles. The number of benzene rings is 1. The molecular weight excluding hydrogens is 232 g/mol. The molecule has 0 aliphatic rings. The molecule has 0 aromatic heterocycles. The molecule has 0 saturated carbocycles. The van der Waals surface area contributed by atoms with Gasteiger partial charge in [-0.1, -0.05) is 30.3 Å². The predicted molar refractivity (Wildman–Crippen MR) is 67.1 cm³/mol. The van der Waals surface area contributed by atoms with E-state index in [9.17, 15) is 14.7 Å². The molecule has 0 unspecified atom stereocenters. The molecule has 1 N–H and O–H groups in total. The first-order valence-electron chi connectivity index (χ1n) is 5.78. The lowest BCUT2D eigenvalue weighted by Crippen LogP contribution is -2.09. The average molecular weight is 248 g/mol. The third kappa shape index (κ3) is 4.82. The Morgan fingerprint density at radius 2 is 1.94 bits per heavy atom. The summed E-state index contributed by atoms with van der Waals surface area (Å²) in [6.07, 6.45) is 1.74. The lowest BCUT2D eigenvalue weighted by molar-refractivity contribution is -0.141. The van der Waals surface area contributed by atoms with Gasteiger partial charge in [-0.2, -0.15) is 0 Å². The molecule has 0 heterocycles. The smallest absolute Gasteiger partial charge is 0.373 e. The van der Waals surface area contributed by atoms with Crippen molar-refractivity contribution in [2.75, 3.05) is 6.61 Å². The largest absolute Gasteiger partial charge is 0.502 e. The Morgan fingerprint density at radius 3 is 2.56 bits per heavy atom. The van der Waals surface area contributed by atoms with Crippen molar-refractivity contribution in [1.29, 1.82) is 0 Å². The van der Waals surface area contributed by atoms with Crippen molar-refractivity contribution in [1.82, 2.24) is 0 Å². The standard InChI is InChI=1S/C14H16O4/c1-2-18-14(17)13(16)10-12(15)9-8-11-6-4-3-5-7-11/h3-7,10,16H,2,8-9H2,1H3/b13-10-. The lowest BCUT2D eigenvalue weighted by Gasteiger charge is -2.00. The summed E-state index contributed by atoms with van der Waals surface area (Å²) in [7, 11) is 0. The van der Waals surface area contributed by atoms with Crippen LogP contribution in [0, 0.1) is 0 Å². The molecular formula is C14H16O4. The minimum absolute atomic E-state index is 0.162. The summed E-state index contributed by atoms with van der Waals surface area (Å²) in [5.41, 5.74) is 1.04. The Labute approximate surface area is 106 Å². The van der Waals surface area contributed by atoms with Gasteiger partial charge in [0.2, 0.25) is 5.76 Å². The molecule has 96 valence electrons. The molecule has 0 bridgehead atoms. The Balaban J connectivity index is 2.46. The maximum Gasteiger partial charge on any atom is 0.373 e. The van der Waals surface area contributed by atoms with E-state index in [0.717, 1.165) is 11.6 Å². The van der Waals surface area contributed by atoms with Crippen molar-refractivity contribution in [2.24, 2.45) is 0 Å². The molecule has 1 aromatic rings. The molecule has 0 aliphatic carbocycles. The minimum atomic E-state index is -0.870. The van der Waals surface area contributed by atoms with Gasteiger partial charge in [-0.05, 0) is 18.9 Å². The molecule has 0 atom stereocenters. The maximum atomic E-state index is 11.5. The fourth-order valence-corrected chi connectivity index (χ4v) is 1.40. The summed E-state index contributed by atoms with van der Waals surface area (Å²) in [6, 6.07) is 9.53. The van der Waals surface area contributed by atoms with Crippen molar-refractivity contribution < 1.29 is 19.4 Å². The predicted octanol–water partition coefficient (Wildman–Crippen LogP) is 2.19. The van der Waals surface area contributed by atoms with Gasteiger partial charge in [-0.25, -0.2) is 4.79 Å². The van der Waals surface area contributed by atoms with Crippen LogP contribution in [0.3, 0.4) is 0 Å². The Hall–Kier alpha value is -2.10. The van der Waals surface area contributed by atoms with E-state index >= 15 is 0 Å². The molecule has 4 heteroatoms. The van der Waals surface area contributed by atoms with Crippen LogP contribution in [-0.2, 0) is 20.7 Å². The Bertz CT molecular complexity index is 434. The Kier molecular flexibility index (Phi) is 5.64. The van der Waals surface area contributed by atoms with Crippen LogP contribution in [0.2, 0.25) is 0 Å². The molecule has 0 fully saturated rings. The van der Waals surface area contributed by atoms with E-state index in [4.69, 9.17) is 0 Å². The summed E-state index contributed by atoms with van der Waals surface area (Å²) in [5.74, 6) is -1.81. The lowest BCUT2D eigenvalue weighted by atomic mass is 10.1. The molecule has 0 radical (unpaired) electrons. The SMILES string of the molecule is CCOC(=O)/C(O)=C/C(=O)CCc1ccccc1. The minimum Gasteiger partial charge on any atom is -0.502 e. The molecule has 0 spiro atoms. The van der Waals surface area contributed by atoms with Crippen LogP contribution in [0.15, 0.2) is 42.2 Å². The number of carbonyl (C=O) groups excluding carboxylic acids is 2. The van der Waals surface area contributed by atoms with Crippen LogP contribution < -0.4 is 0 Å². The van der Waals surface area contributed by atoms with Gasteiger partial charge in [-0.3, -0.25) is 4.79 Å². The second-order valence-corrected chi connectivity index (χ2v) is 3.70. The van der Waals surface area contributed by atoms with Gasteiger partial charge in [0, 0.05) is 12.5 Å². The summed E-state index contributed by atoms with van der Waals surface area (Å²) < 4.78 is 4.56. The summed E-state index contributed by atoms with van der Waals surface area (Å²) >= 11 is 0. The second-order valence-electron chi connectivity index (χ2n) is 3.70. The third-order valence-corrected chi connectivity index (χ3v) is 2.29. The van der Waals surface area contributed by atoms with Gasteiger partial charge in [0.1, 0.15) is 0 Å². The molecule has 4 nitrogen and oxygen atoms in total. The first-order valence-corrected chi connectivity index (χ1v) is 5.78. The van der Waals surface area contributed by atoms with Crippen molar-refractivity contribution in [3.63, 3.8) is 0 Å². The first kappa shape index (κ1) is 14.0. The molecule has 1 aromatic carbocycles. The fourth-order valence-electron chi connectivity index (χ4n) is 1.40. The molecule has 18 heavy (non-hydrogen) atoms. The number of aryl methyl sites for hydroxylation is 1. The van der Waals surface area contributed by atoms with Crippen LogP contribution in [0.5, 0.6) is 0 Å². The van der Waals surface area contributed by atoms with E-state index < -0.39 is 11.7 Å². The number of aliphatic hydroxyl groups is 1. The highest BCUT2D eigenvalue weighted by Crippen LogP contribution is 2.04. The van der Waals surface area contributed by atoms with Crippen LogP contribution >= 0.6 is 0 Å².